The van der Waals surface area contributed by atoms with Crippen LogP contribution in [0.3, 0.4) is 0 Å². The molecule has 0 saturated carbocycles. The van der Waals surface area contributed by atoms with Gasteiger partial charge in [-0.05, 0) is 52.3 Å². The van der Waals surface area contributed by atoms with E-state index in [1.807, 2.05) is 6.07 Å². The average Bonchev–Trinajstić information content (AvgIpc) is 2.59. The first-order valence-electron chi connectivity index (χ1n) is 6.57. The van der Waals surface area contributed by atoms with Crippen molar-refractivity contribution in [1.29, 1.82) is 0 Å². The standard InChI is InChI=1S/C14H23N3/c1-4-15-13-8-5-7-12(16-13)11-17-10-6-9-14(17,2)3/h5,7-8H,4,6,9-11H2,1-3H3,(H,15,16). The summed E-state index contributed by atoms with van der Waals surface area (Å²) in [6.45, 7) is 9.83. The van der Waals surface area contributed by atoms with Crippen molar-refractivity contribution in [2.24, 2.45) is 0 Å². The van der Waals surface area contributed by atoms with Gasteiger partial charge in [0.25, 0.3) is 0 Å². The van der Waals surface area contributed by atoms with Crippen LogP contribution in [0.25, 0.3) is 0 Å². The van der Waals surface area contributed by atoms with Gasteiger partial charge in [-0.2, -0.15) is 0 Å². The van der Waals surface area contributed by atoms with Crippen LogP contribution in [0.15, 0.2) is 18.2 Å². The van der Waals surface area contributed by atoms with Gasteiger partial charge in [0.1, 0.15) is 5.82 Å². The molecule has 0 aromatic carbocycles. The fourth-order valence-electron chi connectivity index (χ4n) is 2.50. The summed E-state index contributed by atoms with van der Waals surface area (Å²) < 4.78 is 0. The Hall–Kier alpha value is -1.09. The van der Waals surface area contributed by atoms with Crippen molar-refractivity contribution >= 4 is 5.82 Å². The summed E-state index contributed by atoms with van der Waals surface area (Å²) in [5.41, 5.74) is 1.49. The third-order valence-corrected chi connectivity index (χ3v) is 3.59. The van der Waals surface area contributed by atoms with E-state index in [0.29, 0.717) is 5.54 Å². The largest absolute Gasteiger partial charge is 0.370 e. The van der Waals surface area contributed by atoms with E-state index < -0.39 is 0 Å². The molecule has 0 atom stereocenters. The van der Waals surface area contributed by atoms with Gasteiger partial charge in [0, 0.05) is 18.6 Å². The van der Waals surface area contributed by atoms with Crippen molar-refractivity contribution in [1.82, 2.24) is 9.88 Å². The number of hydrogen-bond donors (Lipinski definition) is 1. The van der Waals surface area contributed by atoms with Gasteiger partial charge in [-0.3, -0.25) is 4.90 Å². The van der Waals surface area contributed by atoms with E-state index in [0.717, 1.165) is 18.9 Å². The molecule has 1 aromatic rings. The highest BCUT2D eigenvalue weighted by Gasteiger charge is 2.31. The summed E-state index contributed by atoms with van der Waals surface area (Å²) >= 11 is 0. The third-order valence-electron chi connectivity index (χ3n) is 3.59. The highest BCUT2D eigenvalue weighted by atomic mass is 15.2. The van der Waals surface area contributed by atoms with E-state index in [1.165, 1.54) is 25.1 Å². The molecule has 1 fully saturated rings. The van der Waals surface area contributed by atoms with Gasteiger partial charge in [-0.1, -0.05) is 6.07 Å². The zero-order chi connectivity index (χ0) is 12.3. The van der Waals surface area contributed by atoms with Crippen LogP contribution in [0.5, 0.6) is 0 Å². The molecule has 94 valence electrons. The number of hydrogen-bond acceptors (Lipinski definition) is 3. The lowest BCUT2D eigenvalue weighted by atomic mass is 10.0. The Balaban J connectivity index is 2.05. The Morgan fingerprint density at radius 3 is 2.88 bits per heavy atom. The number of anilines is 1. The third kappa shape index (κ3) is 2.97. The van der Waals surface area contributed by atoms with Crippen LogP contribution in [0, 0.1) is 0 Å². The molecule has 1 N–H and O–H groups in total. The highest BCUT2D eigenvalue weighted by molar-refractivity contribution is 5.35. The smallest absolute Gasteiger partial charge is 0.126 e. The minimum atomic E-state index is 0.329. The van der Waals surface area contributed by atoms with Crippen molar-refractivity contribution in [2.75, 3.05) is 18.4 Å². The second-order valence-electron chi connectivity index (χ2n) is 5.38. The van der Waals surface area contributed by atoms with Gasteiger partial charge in [0.2, 0.25) is 0 Å². The SMILES string of the molecule is CCNc1cccc(CN2CCCC2(C)C)n1. The molecule has 3 heteroatoms. The molecule has 2 rings (SSSR count). The molecule has 0 unspecified atom stereocenters. The van der Waals surface area contributed by atoms with E-state index in [9.17, 15) is 0 Å². The van der Waals surface area contributed by atoms with Gasteiger partial charge in [-0.15, -0.1) is 0 Å². The van der Waals surface area contributed by atoms with E-state index in [1.54, 1.807) is 0 Å². The molecule has 1 aromatic heterocycles. The number of aromatic nitrogens is 1. The summed E-state index contributed by atoms with van der Waals surface area (Å²) in [4.78, 5) is 7.17. The maximum atomic E-state index is 4.64. The van der Waals surface area contributed by atoms with Crippen molar-refractivity contribution in [3.8, 4) is 0 Å². The van der Waals surface area contributed by atoms with Gasteiger partial charge < -0.3 is 5.32 Å². The lowest BCUT2D eigenvalue weighted by Gasteiger charge is -2.31. The number of rotatable bonds is 4. The fourth-order valence-corrected chi connectivity index (χ4v) is 2.50. The second-order valence-corrected chi connectivity index (χ2v) is 5.38. The highest BCUT2D eigenvalue weighted by Crippen LogP contribution is 2.29. The van der Waals surface area contributed by atoms with E-state index in [-0.39, 0.29) is 0 Å². The predicted molar refractivity (Wildman–Crippen MR) is 72.1 cm³/mol. The number of nitrogens with one attached hydrogen (secondary N) is 1. The van der Waals surface area contributed by atoms with Crippen LogP contribution in [0.2, 0.25) is 0 Å². The maximum Gasteiger partial charge on any atom is 0.126 e. The average molecular weight is 233 g/mol. The van der Waals surface area contributed by atoms with Crippen LogP contribution in [-0.4, -0.2) is 28.5 Å². The van der Waals surface area contributed by atoms with Crippen LogP contribution >= 0.6 is 0 Å². The van der Waals surface area contributed by atoms with Crippen molar-refractivity contribution in [3.63, 3.8) is 0 Å². The van der Waals surface area contributed by atoms with E-state index in [4.69, 9.17) is 0 Å². The van der Waals surface area contributed by atoms with Crippen LogP contribution in [0.4, 0.5) is 5.82 Å². The normalized spacial score (nSPS) is 19.5. The predicted octanol–water partition coefficient (Wildman–Crippen LogP) is 2.89. The molecular formula is C14H23N3. The number of nitrogens with zero attached hydrogens (tertiary/aromatic N) is 2. The molecule has 0 aliphatic carbocycles. The molecule has 0 spiro atoms. The molecule has 1 aliphatic rings. The lowest BCUT2D eigenvalue weighted by molar-refractivity contribution is 0.164. The first-order valence-corrected chi connectivity index (χ1v) is 6.57. The first kappa shape index (κ1) is 12.4. The molecule has 0 radical (unpaired) electrons. The van der Waals surface area contributed by atoms with Gasteiger partial charge in [-0.25, -0.2) is 4.98 Å². The van der Waals surface area contributed by atoms with Crippen molar-refractivity contribution in [2.45, 2.75) is 45.7 Å². The Morgan fingerprint density at radius 1 is 1.41 bits per heavy atom. The van der Waals surface area contributed by atoms with Crippen LogP contribution in [0.1, 0.15) is 39.3 Å². The molecule has 17 heavy (non-hydrogen) atoms. The Labute approximate surface area is 104 Å². The molecule has 2 heterocycles. The molecule has 1 saturated heterocycles. The van der Waals surface area contributed by atoms with E-state index in [2.05, 4.69) is 48.1 Å². The molecular weight excluding hydrogens is 210 g/mol. The van der Waals surface area contributed by atoms with Crippen molar-refractivity contribution in [3.05, 3.63) is 23.9 Å². The minimum Gasteiger partial charge on any atom is -0.370 e. The van der Waals surface area contributed by atoms with Crippen molar-refractivity contribution < 1.29 is 0 Å². The summed E-state index contributed by atoms with van der Waals surface area (Å²) in [6, 6.07) is 6.24. The quantitative estimate of drug-likeness (QED) is 0.866. The lowest BCUT2D eigenvalue weighted by Crippen LogP contribution is -2.37. The number of likely N-dealkylation sites (tertiary alicyclic amines) is 1. The van der Waals surface area contributed by atoms with Gasteiger partial charge in [0.05, 0.1) is 5.69 Å². The van der Waals surface area contributed by atoms with Crippen LogP contribution < -0.4 is 5.32 Å². The zero-order valence-electron chi connectivity index (χ0n) is 11.2. The second kappa shape index (κ2) is 5.05. The Kier molecular flexibility index (Phi) is 3.67. The number of pyridine rings is 1. The van der Waals surface area contributed by atoms with Crippen LogP contribution in [-0.2, 0) is 6.54 Å². The molecule has 1 aliphatic heterocycles. The summed E-state index contributed by atoms with van der Waals surface area (Å²) in [7, 11) is 0. The monoisotopic (exact) mass is 233 g/mol. The van der Waals surface area contributed by atoms with Gasteiger partial charge in [0.15, 0.2) is 0 Å². The zero-order valence-corrected chi connectivity index (χ0v) is 11.2. The Bertz CT molecular complexity index is 373. The summed E-state index contributed by atoms with van der Waals surface area (Å²) in [6.07, 6.45) is 2.60. The van der Waals surface area contributed by atoms with Gasteiger partial charge >= 0.3 is 0 Å². The van der Waals surface area contributed by atoms with E-state index >= 15 is 0 Å². The fraction of sp³-hybridized carbons (Fsp3) is 0.643. The maximum absolute atomic E-state index is 4.64. The molecule has 0 amide bonds. The molecule has 0 bridgehead atoms. The minimum absolute atomic E-state index is 0.329. The summed E-state index contributed by atoms with van der Waals surface area (Å²) in [5, 5.41) is 3.26. The topological polar surface area (TPSA) is 28.2 Å². The summed E-state index contributed by atoms with van der Waals surface area (Å²) in [5.74, 6) is 0.988. The molecule has 3 nitrogen and oxygen atoms in total. The first-order chi connectivity index (χ1) is 8.12. The Morgan fingerprint density at radius 2 is 2.24 bits per heavy atom.